The van der Waals surface area contributed by atoms with E-state index in [4.69, 9.17) is 5.73 Å². The highest BCUT2D eigenvalue weighted by molar-refractivity contribution is 5.03. The first kappa shape index (κ1) is 10.6. The van der Waals surface area contributed by atoms with Crippen LogP contribution in [-0.2, 0) is 0 Å². The van der Waals surface area contributed by atoms with Crippen molar-refractivity contribution < 1.29 is 8.78 Å². The van der Waals surface area contributed by atoms with Gasteiger partial charge in [0.25, 0.3) is 0 Å². The van der Waals surface area contributed by atoms with E-state index in [0.29, 0.717) is 19.4 Å². The number of rotatable bonds is 3. The maximum atomic E-state index is 12.8. The molecule has 1 rings (SSSR count). The molecule has 1 saturated carbocycles. The zero-order chi connectivity index (χ0) is 9.90. The zero-order valence-corrected chi connectivity index (χ0v) is 7.86. The minimum atomic E-state index is -2.43. The van der Waals surface area contributed by atoms with Crippen molar-refractivity contribution >= 4 is 0 Å². The molecule has 0 aromatic rings. The van der Waals surface area contributed by atoms with Crippen LogP contribution < -0.4 is 5.73 Å². The first-order valence-corrected chi connectivity index (χ1v) is 4.81. The van der Waals surface area contributed by atoms with Gasteiger partial charge in [0.05, 0.1) is 0 Å². The molecule has 76 valence electrons. The van der Waals surface area contributed by atoms with E-state index < -0.39 is 5.92 Å². The maximum absolute atomic E-state index is 12.8. The molecule has 0 spiro atoms. The molecule has 3 heteroatoms. The number of nitrogens with two attached hydrogens (primary N) is 1. The summed E-state index contributed by atoms with van der Waals surface area (Å²) in [5.74, 6) is -2.15. The Labute approximate surface area is 78.0 Å². The molecule has 0 aliphatic heterocycles. The van der Waals surface area contributed by atoms with Gasteiger partial charge in [-0.05, 0) is 31.7 Å². The Hall–Kier alpha value is -0.440. The van der Waals surface area contributed by atoms with Crippen molar-refractivity contribution in [2.75, 3.05) is 6.54 Å². The van der Waals surface area contributed by atoms with Gasteiger partial charge in [-0.2, -0.15) is 0 Å². The molecule has 2 N–H and O–H groups in total. The van der Waals surface area contributed by atoms with Gasteiger partial charge in [0.1, 0.15) is 0 Å². The average Bonchev–Trinajstić information content (AvgIpc) is 2.04. The van der Waals surface area contributed by atoms with Crippen LogP contribution in [-0.4, -0.2) is 12.5 Å². The van der Waals surface area contributed by atoms with Crippen LogP contribution in [0.3, 0.4) is 0 Å². The average molecular weight is 189 g/mol. The van der Waals surface area contributed by atoms with Crippen LogP contribution in [0.4, 0.5) is 8.78 Å². The number of halogens is 2. The van der Waals surface area contributed by atoms with Gasteiger partial charge >= 0.3 is 0 Å². The topological polar surface area (TPSA) is 26.0 Å². The van der Waals surface area contributed by atoms with Crippen molar-refractivity contribution in [2.24, 2.45) is 11.7 Å². The maximum Gasteiger partial charge on any atom is 0.248 e. The normalized spacial score (nSPS) is 23.0. The van der Waals surface area contributed by atoms with Crippen molar-refractivity contribution in [1.29, 1.82) is 0 Å². The number of hydrogen-bond acceptors (Lipinski definition) is 1. The van der Waals surface area contributed by atoms with Crippen LogP contribution in [0.5, 0.6) is 0 Å². The van der Waals surface area contributed by atoms with Crippen molar-refractivity contribution in [3.05, 3.63) is 12.2 Å². The Morgan fingerprint density at radius 3 is 2.38 bits per heavy atom. The Morgan fingerprint density at radius 2 is 1.92 bits per heavy atom. The number of alkyl halides is 2. The lowest BCUT2D eigenvalue weighted by atomic mass is 9.81. The molecule has 0 aromatic carbocycles. The Balaban J connectivity index is 2.36. The van der Waals surface area contributed by atoms with Crippen LogP contribution in [0.25, 0.3) is 0 Å². The van der Waals surface area contributed by atoms with Gasteiger partial charge in [0.2, 0.25) is 5.92 Å². The quantitative estimate of drug-likeness (QED) is 0.679. The summed E-state index contributed by atoms with van der Waals surface area (Å²) < 4.78 is 25.5. The molecule has 1 aliphatic carbocycles. The molecular formula is C10H17F2N. The minimum Gasteiger partial charge on any atom is -0.330 e. The second-order valence-corrected chi connectivity index (χ2v) is 3.83. The fraction of sp³-hybridized carbons (Fsp3) is 0.800. The summed E-state index contributed by atoms with van der Waals surface area (Å²) in [7, 11) is 0. The molecule has 0 saturated heterocycles. The summed E-state index contributed by atoms with van der Waals surface area (Å²) >= 11 is 0. The second kappa shape index (κ2) is 4.18. The molecule has 0 radical (unpaired) electrons. The Bertz CT molecular complexity index is 179. The van der Waals surface area contributed by atoms with E-state index in [-0.39, 0.29) is 18.8 Å². The highest BCUT2D eigenvalue weighted by Crippen LogP contribution is 2.39. The van der Waals surface area contributed by atoms with E-state index in [0.717, 1.165) is 12.0 Å². The second-order valence-electron chi connectivity index (χ2n) is 3.83. The van der Waals surface area contributed by atoms with Crippen molar-refractivity contribution in [1.82, 2.24) is 0 Å². The third-order valence-electron chi connectivity index (χ3n) is 2.76. The lowest BCUT2D eigenvalue weighted by Crippen LogP contribution is -2.25. The molecule has 0 bridgehead atoms. The van der Waals surface area contributed by atoms with E-state index in [1.165, 1.54) is 0 Å². The minimum absolute atomic E-state index is 0.0151. The summed E-state index contributed by atoms with van der Waals surface area (Å²) in [4.78, 5) is 0. The van der Waals surface area contributed by atoms with Crippen molar-refractivity contribution in [3.63, 3.8) is 0 Å². The van der Waals surface area contributed by atoms with Crippen LogP contribution in [0, 0.1) is 5.92 Å². The van der Waals surface area contributed by atoms with Gasteiger partial charge in [-0.25, -0.2) is 8.78 Å². The van der Waals surface area contributed by atoms with E-state index in [9.17, 15) is 8.78 Å². The van der Waals surface area contributed by atoms with Crippen LogP contribution >= 0.6 is 0 Å². The zero-order valence-electron chi connectivity index (χ0n) is 7.86. The van der Waals surface area contributed by atoms with E-state index in [1.54, 1.807) is 0 Å². The fourth-order valence-corrected chi connectivity index (χ4v) is 1.84. The molecule has 1 aliphatic rings. The molecule has 0 aromatic heterocycles. The Morgan fingerprint density at radius 1 is 1.38 bits per heavy atom. The summed E-state index contributed by atoms with van der Waals surface area (Å²) in [5.41, 5.74) is 6.43. The van der Waals surface area contributed by atoms with Gasteiger partial charge in [0, 0.05) is 12.8 Å². The smallest absolute Gasteiger partial charge is 0.248 e. The van der Waals surface area contributed by atoms with Gasteiger partial charge in [-0.15, -0.1) is 0 Å². The van der Waals surface area contributed by atoms with E-state index >= 15 is 0 Å². The third kappa shape index (κ3) is 3.07. The lowest BCUT2D eigenvalue weighted by Gasteiger charge is -2.29. The van der Waals surface area contributed by atoms with Gasteiger partial charge in [-0.1, -0.05) is 12.2 Å². The lowest BCUT2D eigenvalue weighted by molar-refractivity contribution is -0.0422. The predicted octanol–water partition coefficient (Wildman–Crippen LogP) is 2.72. The molecule has 13 heavy (non-hydrogen) atoms. The largest absolute Gasteiger partial charge is 0.330 e. The Kier molecular flexibility index (Phi) is 3.42. The van der Waals surface area contributed by atoms with Crippen molar-refractivity contribution in [2.45, 2.75) is 38.0 Å². The highest BCUT2D eigenvalue weighted by Gasteiger charge is 2.35. The molecule has 1 nitrogen and oxygen atoms in total. The van der Waals surface area contributed by atoms with Gasteiger partial charge in [-0.3, -0.25) is 0 Å². The fourth-order valence-electron chi connectivity index (χ4n) is 1.84. The van der Waals surface area contributed by atoms with E-state index in [1.807, 2.05) is 0 Å². The van der Waals surface area contributed by atoms with Crippen molar-refractivity contribution in [3.8, 4) is 0 Å². The molecular weight excluding hydrogens is 172 g/mol. The standard InChI is InChI=1S/C10H17F2N/c1-8(4-7-13)9-2-5-10(11,12)6-3-9/h9H,1-7,13H2. The van der Waals surface area contributed by atoms with E-state index in [2.05, 4.69) is 6.58 Å². The van der Waals surface area contributed by atoms with Crippen LogP contribution in [0.1, 0.15) is 32.1 Å². The molecule has 0 heterocycles. The first-order valence-electron chi connectivity index (χ1n) is 4.81. The number of hydrogen-bond donors (Lipinski definition) is 1. The summed E-state index contributed by atoms with van der Waals surface area (Å²) in [6.45, 7) is 4.47. The van der Waals surface area contributed by atoms with Gasteiger partial charge < -0.3 is 5.73 Å². The molecule has 0 unspecified atom stereocenters. The monoisotopic (exact) mass is 189 g/mol. The SMILES string of the molecule is C=C(CCN)C1CCC(F)(F)CC1. The summed E-state index contributed by atoms with van der Waals surface area (Å²) in [6.07, 6.45) is 1.95. The molecule has 0 atom stereocenters. The molecule has 0 amide bonds. The molecule has 1 fully saturated rings. The summed E-state index contributed by atoms with van der Waals surface area (Å²) in [5, 5.41) is 0. The predicted molar refractivity (Wildman–Crippen MR) is 49.7 cm³/mol. The highest BCUT2D eigenvalue weighted by atomic mass is 19.3. The first-order chi connectivity index (χ1) is 6.05. The van der Waals surface area contributed by atoms with Crippen LogP contribution in [0.2, 0.25) is 0 Å². The summed E-state index contributed by atoms with van der Waals surface area (Å²) in [6, 6.07) is 0. The van der Waals surface area contributed by atoms with Gasteiger partial charge in [0.15, 0.2) is 0 Å². The third-order valence-corrected chi connectivity index (χ3v) is 2.76. The van der Waals surface area contributed by atoms with Crippen LogP contribution in [0.15, 0.2) is 12.2 Å².